The Labute approximate surface area is 226 Å². The molecule has 0 saturated heterocycles. The first kappa shape index (κ1) is 26.4. The quantitative estimate of drug-likeness (QED) is 0.265. The van der Waals surface area contributed by atoms with Crippen molar-refractivity contribution >= 4 is 11.8 Å². The van der Waals surface area contributed by atoms with Gasteiger partial charge >= 0.3 is 0 Å². The van der Waals surface area contributed by atoms with E-state index < -0.39 is 23.6 Å². The maximum absolute atomic E-state index is 14.1. The summed E-state index contributed by atoms with van der Waals surface area (Å²) in [7, 11) is 0. The minimum absolute atomic E-state index is 0.0205. The highest BCUT2D eigenvalue weighted by Gasteiger charge is 2.34. The summed E-state index contributed by atoms with van der Waals surface area (Å²) in [5.74, 6) is -1.54. The fourth-order valence-electron chi connectivity index (χ4n) is 5.17. The molecular weight excluding hydrogens is 496 g/mol. The molecule has 1 unspecified atom stereocenters. The van der Waals surface area contributed by atoms with Gasteiger partial charge in [0.15, 0.2) is 0 Å². The van der Waals surface area contributed by atoms with Gasteiger partial charge in [0.25, 0.3) is 5.91 Å². The molecule has 0 radical (unpaired) electrons. The van der Waals surface area contributed by atoms with Crippen LogP contribution in [0.5, 0.6) is 0 Å². The average molecular weight is 528 g/mol. The summed E-state index contributed by atoms with van der Waals surface area (Å²) in [6.07, 6.45) is 4.97. The third-order valence-corrected chi connectivity index (χ3v) is 7.23. The van der Waals surface area contributed by atoms with Gasteiger partial charge in [-0.3, -0.25) is 9.59 Å². The van der Waals surface area contributed by atoms with Gasteiger partial charge in [-0.25, -0.2) is 8.78 Å². The molecule has 1 aliphatic rings. The van der Waals surface area contributed by atoms with E-state index in [4.69, 9.17) is 0 Å². The van der Waals surface area contributed by atoms with Crippen molar-refractivity contribution in [3.8, 4) is 11.3 Å². The van der Waals surface area contributed by atoms with Gasteiger partial charge in [0.2, 0.25) is 5.91 Å². The van der Waals surface area contributed by atoms with Gasteiger partial charge in [-0.2, -0.15) is 0 Å². The van der Waals surface area contributed by atoms with E-state index >= 15 is 0 Å². The van der Waals surface area contributed by atoms with Gasteiger partial charge in [0, 0.05) is 18.3 Å². The van der Waals surface area contributed by atoms with E-state index in [1.807, 2.05) is 36.4 Å². The lowest BCUT2D eigenvalue weighted by Gasteiger charge is -2.33. The second kappa shape index (κ2) is 12.1. The number of nitrogens with zero attached hydrogens (tertiary/aromatic N) is 1. The third kappa shape index (κ3) is 6.42. The number of hydrogen-bond donors (Lipinski definition) is 2. The van der Waals surface area contributed by atoms with Crippen molar-refractivity contribution in [1.29, 1.82) is 0 Å². The Bertz CT molecular complexity index is 1400. The minimum Gasteiger partial charge on any atom is -0.351 e. The summed E-state index contributed by atoms with van der Waals surface area (Å²) in [6, 6.07) is 23.7. The number of amides is 2. The maximum Gasteiger partial charge on any atom is 0.271 e. The summed E-state index contributed by atoms with van der Waals surface area (Å²) in [4.78, 5) is 32.7. The Morgan fingerprint density at radius 3 is 2.13 bits per heavy atom. The molecule has 1 atom stereocenters. The third-order valence-electron chi connectivity index (χ3n) is 7.23. The molecule has 200 valence electrons. The molecule has 1 aromatic heterocycles. The number of aromatic nitrogens is 1. The van der Waals surface area contributed by atoms with Gasteiger partial charge < -0.3 is 15.2 Å². The van der Waals surface area contributed by atoms with Crippen molar-refractivity contribution in [1.82, 2.24) is 15.2 Å². The highest BCUT2D eigenvalue weighted by molar-refractivity contribution is 5.97. The van der Waals surface area contributed by atoms with Crippen molar-refractivity contribution in [2.75, 3.05) is 0 Å². The molecule has 1 saturated carbocycles. The molecule has 3 aromatic carbocycles. The Kier molecular flexibility index (Phi) is 8.16. The van der Waals surface area contributed by atoms with Crippen LogP contribution in [0.1, 0.15) is 59.8 Å². The van der Waals surface area contributed by atoms with E-state index in [0.717, 1.165) is 43.4 Å². The first-order chi connectivity index (χ1) is 19.0. The van der Waals surface area contributed by atoms with Crippen LogP contribution in [0.3, 0.4) is 0 Å². The summed E-state index contributed by atoms with van der Waals surface area (Å²) in [5.41, 5.74) is 3.16. The molecule has 0 spiro atoms. The second-order valence-electron chi connectivity index (χ2n) is 10.0. The summed E-state index contributed by atoms with van der Waals surface area (Å²) < 4.78 is 27.6. The number of carbonyl (C=O) groups excluding carboxylic acids is 2. The monoisotopic (exact) mass is 527 g/mol. The van der Waals surface area contributed by atoms with E-state index in [1.54, 1.807) is 18.2 Å². The van der Waals surface area contributed by atoms with Crippen molar-refractivity contribution in [3.63, 3.8) is 0 Å². The molecule has 7 heteroatoms. The topological polar surface area (TPSA) is 65.2 Å². The van der Waals surface area contributed by atoms with Gasteiger partial charge in [-0.1, -0.05) is 73.9 Å². The van der Waals surface area contributed by atoms with E-state index in [-0.39, 0.29) is 18.5 Å². The van der Waals surface area contributed by atoms with E-state index in [9.17, 15) is 18.4 Å². The SMILES string of the molecule is O=C(NC1CCCCC1)C(c1ccc(F)cc1)N(Cc1ccc(F)cc1)C(=O)c1ccc(-c2ccccc2)[nH]1. The minimum atomic E-state index is -1.02. The Balaban J connectivity index is 1.53. The number of aromatic amines is 1. The van der Waals surface area contributed by atoms with Crippen molar-refractivity contribution in [2.45, 2.75) is 50.7 Å². The predicted octanol–water partition coefficient (Wildman–Crippen LogP) is 6.79. The maximum atomic E-state index is 14.1. The Morgan fingerprint density at radius 2 is 1.46 bits per heavy atom. The van der Waals surface area contributed by atoms with E-state index in [0.29, 0.717) is 16.8 Å². The van der Waals surface area contributed by atoms with Crippen LogP contribution in [-0.4, -0.2) is 27.7 Å². The molecule has 2 amide bonds. The average Bonchev–Trinajstić information content (AvgIpc) is 3.46. The first-order valence-corrected chi connectivity index (χ1v) is 13.3. The second-order valence-corrected chi connectivity index (χ2v) is 10.0. The number of halogens is 2. The fraction of sp³-hybridized carbons (Fsp3) is 0.250. The molecule has 2 N–H and O–H groups in total. The van der Waals surface area contributed by atoms with Gasteiger partial charge in [-0.15, -0.1) is 0 Å². The van der Waals surface area contributed by atoms with Crippen LogP contribution in [0, 0.1) is 11.6 Å². The number of benzene rings is 3. The number of carbonyl (C=O) groups is 2. The highest BCUT2D eigenvalue weighted by Crippen LogP contribution is 2.28. The molecule has 39 heavy (non-hydrogen) atoms. The van der Waals surface area contributed by atoms with Crippen molar-refractivity contribution in [3.05, 3.63) is 119 Å². The Hall–Kier alpha value is -4.26. The molecule has 4 aromatic rings. The fourth-order valence-corrected chi connectivity index (χ4v) is 5.17. The van der Waals surface area contributed by atoms with Gasteiger partial charge in [0.1, 0.15) is 23.4 Å². The standard InChI is InChI=1S/C32H31F2N3O2/c33-25-15-11-22(12-16-25)21-37(32(39)29-20-19-28(36-29)23-7-3-1-4-8-23)30(24-13-17-26(34)18-14-24)31(38)35-27-9-5-2-6-10-27/h1,3-4,7-8,11-20,27,30,36H,2,5-6,9-10,21H2,(H,35,38). The number of rotatable bonds is 8. The molecule has 1 aliphatic carbocycles. The summed E-state index contributed by atoms with van der Waals surface area (Å²) in [6.45, 7) is 0.0545. The molecule has 0 bridgehead atoms. The van der Waals surface area contributed by atoms with Crippen LogP contribution in [0.15, 0.2) is 91.0 Å². The van der Waals surface area contributed by atoms with E-state index in [2.05, 4.69) is 10.3 Å². The molecule has 0 aliphatic heterocycles. The van der Waals surface area contributed by atoms with Crippen LogP contribution in [-0.2, 0) is 11.3 Å². The zero-order chi connectivity index (χ0) is 27.2. The normalized spacial score (nSPS) is 14.5. The van der Waals surface area contributed by atoms with Crippen molar-refractivity contribution < 1.29 is 18.4 Å². The number of nitrogens with one attached hydrogen (secondary N) is 2. The Morgan fingerprint density at radius 1 is 0.821 bits per heavy atom. The summed E-state index contributed by atoms with van der Waals surface area (Å²) in [5, 5.41) is 3.15. The number of H-pyrrole nitrogens is 1. The van der Waals surface area contributed by atoms with Crippen LogP contribution in [0.2, 0.25) is 0 Å². The number of hydrogen-bond acceptors (Lipinski definition) is 2. The largest absolute Gasteiger partial charge is 0.351 e. The molecule has 1 fully saturated rings. The molecular formula is C32H31F2N3O2. The van der Waals surface area contributed by atoms with Crippen LogP contribution in [0.4, 0.5) is 8.78 Å². The lowest BCUT2D eigenvalue weighted by Crippen LogP contribution is -2.47. The van der Waals surface area contributed by atoms with Crippen LogP contribution >= 0.6 is 0 Å². The predicted molar refractivity (Wildman–Crippen MR) is 147 cm³/mol. The van der Waals surface area contributed by atoms with Gasteiger partial charge in [0.05, 0.1) is 0 Å². The smallest absolute Gasteiger partial charge is 0.271 e. The zero-order valence-electron chi connectivity index (χ0n) is 21.6. The molecule has 1 heterocycles. The zero-order valence-corrected chi connectivity index (χ0v) is 21.6. The highest BCUT2D eigenvalue weighted by atomic mass is 19.1. The molecule has 5 nitrogen and oxygen atoms in total. The summed E-state index contributed by atoms with van der Waals surface area (Å²) >= 11 is 0. The molecule has 5 rings (SSSR count). The van der Waals surface area contributed by atoms with Crippen LogP contribution in [0.25, 0.3) is 11.3 Å². The lowest BCUT2D eigenvalue weighted by molar-refractivity contribution is -0.127. The first-order valence-electron chi connectivity index (χ1n) is 13.3. The van der Waals surface area contributed by atoms with Gasteiger partial charge in [-0.05, 0) is 65.9 Å². The van der Waals surface area contributed by atoms with Crippen LogP contribution < -0.4 is 5.32 Å². The van der Waals surface area contributed by atoms with E-state index in [1.165, 1.54) is 41.3 Å². The lowest BCUT2D eigenvalue weighted by atomic mass is 9.94. The van der Waals surface area contributed by atoms with Crippen molar-refractivity contribution in [2.24, 2.45) is 0 Å².